The van der Waals surface area contributed by atoms with Crippen molar-refractivity contribution < 1.29 is 4.43 Å². The maximum atomic E-state index is 5.47. The van der Waals surface area contributed by atoms with Crippen molar-refractivity contribution >= 4 is 20.3 Å². The molecule has 1 rings (SSSR count). The van der Waals surface area contributed by atoms with Crippen molar-refractivity contribution in [3.63, 3.8) is 0 Å². The van der Waals surface area contributed by atoms with Gasteiger partial charge in [0, 0.05) is 7.11 Å². The van der Waals surface area contributed by atoms with Gasteiger partial charge in [-0.3, -0.25) is 0 Å². The molecule has 0 aliphatic carbocycles. The smallest absolute Gasteiger partial charge is 0.207 e. The van der Waals surface area contributed by atoms with Gasteiger partial charge in [-0.25, -0.2) is 0 Å². The van der Waals surface area contributed by atoms with E-state index in [2.05, 4.69) is 37.8 Å². The normalized spacial score (nSPS) is 12.5. The second-order valence-electron chi connectivity index (χ2n) is 3.00. The molecule has 1 aromatic rings. The van der Waals surface area contributed by atoms with Gasteiger partial charge in [-0.2, -0.15) is 0 Å². The van der Waals surface area contributed by atoms with Gasteiger partial charge in [-0.15, -0.1) is 0 Å². The number of benzene rings is 1. The van der Waals surface area contributed by atoms with Crippen molar-refractivity contribution in [2.75, 3.05) is 7.11 Å². The van der Waals surface area contributed by atoms with Gasteiger partial charge in [0.25, 0.3) is 0 Å². The molecule has 0 amide bonds. The molecule has 0 aliphatic heterocycles. The first-order chi connectivity index (χ1) is 6.31. The summed E-state index contributed by atoms with van der Waals surface area (Å²) >= 11 is 0. The highest BCUT2D eigenvalue weighted by Gasteiger charge is 2.09. The zero-order chi connectivity index (χ0) is 9.68. The molecule has 0 radical (unpaired) electrons. The van der Waals surface area contributed by atoms with Gasteiger partial charge in [-0.05, 0) is 16.8 Å². The third-order valence-electron chi connectivity index (χ3n) is 2.20. The van der Waals surface area contributed by atoms with Crippen LogP contribution in [-0.4, -0.2) is 16.2 Å². The van der Waals surface area contributed by atoms with Crippen LogP contribution in [0.4, 0.5) is 0 Å². The van der Waals surface area contributed by atoms with Crippen LogP contribution >= 0.6 is 0 Å². The Balaban J connectivity index is 2.83. The van der Waals surface area contributed by atoms with Crippen LogP contribution in [0.1, 0.15) is 12.5 Å². The first kappa shape index (κ1) is 10.2. The molecule has 0 aromatic heterocycles. The molecule has 1 aromatic carbocycles. The van der Waals surface area contributed by atoms with E-state index in [1.54, 1.807) is 0 Å². The van der Waals surface area contributed by atoms with Crippen LogP contribution in [0.5, 0.6) is 0 Å². The summed E-state index contributed by atoms with van der Waals surface area (Å²) in [7, 11) is 0.691. The summed E-state index contributed by atoms with van der Waals surface area (Å²) in [6, 6.07) is 9.64. The molecule has 0 N–H and O–H groups in total. The molecule has 2 heteroatoms. The summed E-state index contributed by atoms with van der Waals surface area (Å²) < 4.78 is 5.47. The van der Waals surface area contributed by atoms with Gasteiger partial charge in [0.2, 0.25) is 9.04 Å². The Morgan fingerprint density at radius 1 is 1.38 bits per heavy atom. The molecule has 13 heavy (non-hydrogen) atoms. The van der Waals surface area contributed by atoms with Gasteiger partial charge in [0.05, 0.1) is 0 Å². The van der Waals surface area contributed by atoms with E-state index >= 15 is 0 Å². The van der Waals surface area contributed by atoms with Crippen molar-refractivity contribution in [3.05, 3.63) is 36.4 Å². The van der Waals surface area contributed by atoms with E-state index in [9.17, 15) is 0 Å². The lowest BCUT2D eigenvalue weighted by molar-refractivity contribution is 0.430. The fourth-order valence-electron chi connectivity index (χ4n) is 1.39. The van der Waals surface area contributed by atoms with E-state index < -0.39 is 9.04 Å². The Bertz CT molecular complexity index is 262. The Labute approximate surface area is 81.8 Å². The average molecular weight is 192 g/mol. The van der Waals surface area contributed by atoms with Gasteiger partial charge in [0.1, 0.15) is 0 Å². The van der Waals surface area contributed by atoms with Crippen LogP contribution in [-0.2, 0) is 4.43 Å². The zero-order valence-corrected chi connectivity index (χ0v) is 9.44. The van der Waals surface area contributed by atoms with E-state index in [-0.39, 0.29) is 0 Å². The first-order valence-corrected chi connectivity index (χ1v) is 6.43. The predicted octanol–water partition coefficient (Wildman–Crippen LogP) is 1.93. The van der Waals surface area contributed by atoms with Crippen LogP contribution in [0.25, 0.3) is 6.08 Å². The molecule has 1 atom stereocenters. The quantitative estimate of drug-likeness (QED) is 0.662. The van der Waals surface area contributed by atoms with Crippen LogP contribution in [0.15, 0.2) is 30.8 Å². The highest BCUT2D eigenvalue weighted by atomic mass is 28.3. The largest absolute Gasteiger partial charge is 0.419 e. The fourth-order valence-corrected chi connectivity index (χ4v) is 3.08. The summed E-state index contributed by atoms with van der Waals surface area (Å²) in [5.74, 6) is 0. The molecule has 0 heterocycles. The Kier molecular flexibility index (Phi) is 3.93. The van der Waals surface area contributed by atoms with E-state index in [0.29, 0.717) is 0 Å². The molecule has 0 saturated heterocycles. The van der Waals surface area contributed by atoms with E-state index in [0.717, 1.165) is 6.04 Å². The SMILES string of the molecule is C=Cc1ccc([SiH](CC)OC)cc1. The molecular weight excluding hydrogens is 176 g/mol. The Morgan fingerprint density at radius 2 is 2.00 bits per heavy atom. The van der Waals surface area contributed by atoms with Gasteiger partial charge in [0.15, 0.2) is 0 Å². The third-order valence-corrected chi connectivity index (χ3v) is 4.64. The molecule has 1 nitrogen and oxygen atoms in total. The predicted molar refractivity (Wildman–Crippen MR) is 60.8 cm³/mol. The van der Waals surface area contributed by atoms with E-state index in [4.69, 9.17) is 4.43 Å². The minimum atomic E-state index is -1.12. The lowest BCUT2D eigenvalue weighted by Crippen LogP contribution is -2.31. The minimum absolute atomic E-state index is 1.12. The third kappa shape index (κ3) is 2.54. The van der Waals surface area contributed by atoms with Crippen molar-refractivity contribution in [2.45, 2.75) is 13.0 Å². The van der Waals surface area contributed by atoms with E-state index in [1.807, 2.05) is 13.2 Å². The summed E-state index contributed by atoms with van der Waals surface area (Å²) in [5, 5.41) is 1.37. The standard InChI is InChI=1S/C11H16OSi/c1-4-10-6-8-11(9-7-10)13(5-2)12-3/h4,6-9,13H,1,5H2,2-3H3. The molecule has 0 spiro atoms. The van der Waals surface area contributed by atoms with Crippen molar-refractivity contribution in [3.8, 4) is 0 Å². The highest BCUT2D eigenvalue weighted by Crippen LogP contribution is 2.01. The van der Waals surface area contributed by atoms with Gasteiger partial charge >= 0.3 is 0 Å². The Hall–Kier alpha value is -0.863. The average Bonchev–Trinajstić information content (AvgIpc) is 2.21. The molecule has 0 aliphatic rings. The summed E-state index contributed by atoms with van der Waals surface area (Å²) in [4.78, 5) is 0. The number of hydrogen-bond acceptors (Lipinski definition) is 1. The topological polar surface area (TPSA) is 9.23 Å². The monoisotopic (exact) mass is 192 g/mol. The minimum Gasteiger partial charge on any atom is -0.419 e. The fraction of sp³-hybridized carbons (Fsp3) is 0.273. The van der Waals surface area contributed by atoms with Crippen LogP contribution < -0.4 is 5.19 Å². The molecule has 0 saturated carbocycles. The number of rotatable bonds is 4. The summed E-state index contributed by atoms with van der Waals surface area (Å²) in [6.45, 7) is 5.91. The van der Waals surface area contributed by atoms with Crippen LogP contribution in [0.2, 0.25) is 6.04 Å². The second-order valence-corrected chi connectivity index (χ2v) is 5.94. The first-order valence-electron chi connectivity index (χ1n) is 4.57. The van der Waals surface area contributed by atoms with Gasteiger partial charge < -0.3 is 4.43 Å². The van der Waals surface area contributed by atoms with E-state index in [1.165, 1.54) is 10.8 Å². The van der Waals surface area contributed by atoms with Gasteiger partial charge in [-0.1, -0.05) is 43.8 Å². The zero-order valence-electron chi connectivity index (χ0n) is 8.29. The second kappa shape index (κ2) is 4.99. The van der Waals surface area contributed by atoms with Crippen molar-refractivity contribution in [1.29, 1.82) is 0 Å². The molecule has 70 valence electrons. The lowest BCUT2D eigenvalue weighted by atomic mass is 10.2. The maximum Gasteiger partial charge on any atom is 0.207 e. The molecule has 1 unspecified atom stereocenters. The maximum absolute atomic E-state index is 5.47. The molecule has 0 fully saturated rings. The molecule has 0 bridgehead atoms. The number of hydrogen-bond donors (Lipinski definition) is 0. The van der Waals surface area contributed by atoms with Crippen LogP contribution in [0, 0.1) is 0 Å². The summed E-state index contributed by atoms with van der Waals surface area (Å²) in [6.07, 6.45) is 1.86. The highest BCUT2D eigenvalue weighted by molar-refractivity contribution is 6.67. The van der Waals surface area contributed by atoms with Crippen molar-refractivity contribution in [2.24, 2.45) is 0 Å². The lowest BCUT2D eigenvalue weighted by Gasteiger charge is -2.10. The summed E-state index contributed by atoms with van der Waals surface area (Å²) in [5.41, 5.74) is 1.17. The van der Waals surface area contributed by atoms with Crippen LogP contribution in [0.3, 0.4) is 0 Å². The molecular formula is C11H16OSi. The van der Waals surface area contributed by atoms with Crippen molar-refractivity contribution in [1.82, 2.24) is 0 Å². The Morgan fingerprint density at radius 3 is 2.38 bits per heavy atom.